The van der Waals surface area contributed by atoms with Crippen LogP contribution >= 0.6 is 0 Å². The molecule has 0 aromatic rings. The number of ether oxygens (including phenoxy) is 1. The summed E-state index contributed by atoms with van der Waals surface area (Å²) in [6.45, 7) is 2.78. The van der Waals surface area contributed by atoms with E-state index in [2.05, 4.69) is 0 Å². The monoisotopic (exact) mass is 198 g/mol. The fourth-order valence-electron chi connectivity index (χ4n) is 2.80. The average molecular weight is 198 g/mol. The Kier molecular flexibility index (Phi) is 3.13. The Morgan fingerprint density at radius 2 is 1.93 bits per heavy atom. The van der Waals surface area contributed by atoms with Gasteiger partial charge >= 0.3 is 0 Å². The molecule has 0 aromatic heterocycles. The van der Waals surface area contributed by atoms with Gasteiger partial charge in [0.2, 0.25) is 0 Å². The van der Waals surface area contributed by atoms with Gasteiger partial charge in [0.25, 0.3) is 0 Å². The molecule has 0 bridgehead atoms. The maximum atomic E-state index is 10.3. The number of aliphatic hydroxyl groups excluding tert-OH is 1. The second-order valence-electron chi connectivity index (χ2n) is 4.84. The first-order chi connectivity index (χ1) is 6.78. The quantitative estimate of drug-likeness (QED) is 0.752. The van der Waals surface area contributed by atoms with Crippen LogP contribution in [0, 0.1) is 5.92 Å². The standard InChI is InChI=1S/C12H22O2/c1-2-14-12(8-4-3-5-9-12)11(13)10-6-7-10/h10-11,13H,2-9H2,1H3. The van der Waals surface area contributed by atoms with Crippen molar-refractivity contribution in [3.05, 3.63) is 0 Å². The van der Waals surface area contributed by atoms with Gasteiger partial charge in [-0.2, -0.15) is 0 Å². The van der Waals surface area contributed by atoms with Crippen LogP contribution in [0.5, 0.6) is 0 Å². The van der Waals surface area contributed by atoms with Crippen LogP contribution in [-0.2, 0) is 4.74 Å². The minimum atomic E-state index is -0.192. The summed E-state index contributed by atoms with van der Waals surface area (Å²) in [4.78, 5) is 0. The lowest BCUT2D eigenvalue weighted by molar-refractivity contribution is -0.146. The van der Waals surface area contributed by atoms with Crippen molar-refractivity contribution in [1.29, 1.82) is 0 Å². The molecule has 1 unspecified atom stereocenters. The van der Waals surface area contributed by atoms with Gasteiger partial charge in [0.15, 0.2) is 0 Å². The van der Waals surface area contributed by atoms with Crippen LogP contribution in [-0.4, -0.2) is 23.4 Å². The summed E-state index contributed by atoms with van der Waals surface area (Å²) in [5.41, 5.74) is -0.172. The Labute approximate surface area is 86.6 Å². The number of aliphatic hydroxyl groups is 1. The molecular formula is C12H22O2. The molecule has 82 valence electrons. The molecule has 2 heteroatoms. The summed E-state index contributed by atoms with van der Waals surface area (Å²) in [6.07, 6.45) is 8.12. The van der Waals surface area contributed by atoms with E-state index in [1.807, 2.05) is 6.92 Å². The molecule has 0 radical (unpaired) electrons. The molecule has 2 rings (SSSR count). The molecule has 2 saturated carbocycles. The van der Waals surface area contributed by atoms with Gasteiger partial charge < -0.3 is 9.84 Å². The van der Waals surface area contributed by atoms with Crippen LogP contribution in [0.25, 0.3) is 0 Å². The lowest BCUT2D eigenvalue weighted by atomic mass is 9.79. The lowest BCUT2D eigenvalue weighted by Crippen LogP contribution is -2.47. The zero-order valence-corrected chi connectivity index (χ0v) is 9.17. The van der Waals surface area contributed by atoms with Gasteiger partial charge in [0.05, 0.1) is 11.7 Å². The van der Waals surface area contributed by atoms with E-state index in [9.17, 15) is 5.11 Å². The summed E-state index contributed by atoms with van der Waals surface area (Å²) in [5.74, 6) is 0.541. The van der Waals surface area contributed by atoms with E-state index >= 15 is 0 Å². The van der Waals surface area contributed by atoms with E-state index in [1.165, 1.54) is 32.1 Å². The number of hydrogen-bond donors (Lipinski definition) is 1. The Hall–Kier alpha value is -0.0800. The molecule has 2 aliphatic rings. The third kappa shape index (κ3) is 1.96. The lowest BCUT2D eigenvalue weighted by Gasteiger charge is -2.41. The normalized spacial score (nSPS) is 28.7. The molecular weight excluding hydrogens is 176 g/mol. The van der Waals surface area contributed by atoms with Gasteiger partial charge in [-0.15, -0.1) is 0 Å². The fourth-order valence-corrected chi connectivity index (χ4v) is 2.80. The van der Waals surface area contributed by atoms with Crippen LogP contribution in [0.1, 0.15) is 51.9 Å². The van der Waals surface area contributed by atoms with Gasteiger partial charge in [-0.25, -0.2) is 0 Å². The molecule has 1 atom stereocenters. The number of hydrogen-bond acceptors (Lipinski definition) is 2. The Bertz CT molecular complexity index is 175. The van der Waals surface area contributed by atoms with Crippen molar-refractivity contribution in [2.45, 2.75) is 63.6 Å². The van der Waals surface area contributed by atoms with Crippen molar-refractivity contribution in [3.63, 3.8) is 0 Å². The highest BCUT2D eigenvalue weighted by molar-refractivity contribution is 4.98. The average Bonchev–Trinajstić information content (AvgIpc) is 3.02. The first kappa shape index (κ1) is 10.4. The Morgan fingerprint density at radius 3 is 2.43 bits per heavy atom. The largest absolute Gasteiger partial charge is 0.390 e. The summed E-state index contributed by atoms with van der Waals surface area (Å²) in [6, 6.07) is 0. The second kappa shape index (κ2) is 4.19. The topological polar surface area (TPSA) is 29.5 Å². The van der Waals surface area contributed by atoms with Crippen molar-refractivity contribution < 1.29 is 9.84 Å². The highest BCUT2D eigenvalue weighted by atomic mass is 16.5. The summed E-state index contributed by atoms with van der Waals surface area (Å²) >= 11 is 0. The zero-order valence-electron chi connectivity index (χ0n) is 9.17. The molecule has 0 saturated heterocycles. The fraction of sp³-hybridized carbons (Fsp3) is 1.00. The minimum absolute atomic E-state index is 0.172. The molecule has 1 N–H and O–H groups in total. The first-order valence-electron chi connectivity index (χ1n) is 6.10. The minimum Gasteiger partial charge on any atom is -0.390 e. The van der Waals surface area contributed by atoms with Gasteiger partial charge in [0, 0.05) is 6.61 Å². The predicted molar refractivity (Wildman–Crippen MR) is 56.2 cm³/mol. The molecule has 2 fully saturated rings. The molecule has 14 heavy (non-hydrogen) atoms. The molecule has 0 aromatic carbocycles. The number of rotatable bonds is 4. The van der Waals surface area contributed by atoms with Crippen molar-refractivity contribution in [1.82, 2.24) is 0 Å². The maximum Gasteiger partial charge on any atom is 0.0942 e. The molecule has 0 heterocycles. The van der Waals surface area contributed by atoms with E-state index < -0.39 is 0 Å². The van der Waals surface area contributed by atoms with Crippen LogP contribution < -0.4 is 0 Å². The van der Waals surface area contributed by atoms with Crippen LogP contribution in [0.15, 0.2) is 0 Å². The van der Waals surface area contributed by atoms with Gasteiger partial charge in [-0.1, -0.05) is 19.3 Å². The molecule has 0 aliphatic heterocycles. The molecule has 2 aliphatic carbocycles. The zero-order chi connectivity index (χ0) is 10.0. The van der Waals surface area contributed by atoms with E-state index in [0.29, 0.717) is 5.92 Å². The molecule has 2 nitrogen and oxygen atoms in total. The van der Waals surface area contributed by atoms with Gasteiger partial charge in [-0.05, 0) is 38.5 Å². The van der Waals surface area contributed by atoms with Crippen LogP contribution in [0.3, 0.4) is 0 Å². The van der Waals surface area contributed by atoms with Gasteiger partial charge in [-0.3, -0.25) is 0 Å². The van der Waals surface area contributed by atoms with Crippen molar-refractivity contribution in [3.8, 4) is 0 Å². The van der Waals surface area contributed by atoms with E-state index in [-0.39, 0.29) is 11.7 Å². The third-order valence-corrected chi connectivity index (χ3v) is 3.74. The molecule has 0 amide bonds. The van der Waals surface area contributed by atoms with Crippen LogP contribution in [0.2, 0.25) is 0 Å². The van der Waals surface area contributed by atoms with Gasteiger partial charge in [0.1, 0.15) is 0 Å². The van der Waals surface area contributed by atoms with E-state index in [1.54, 1.807) is 0 Å². The highest BCUT2D eigenvalue weighted by Crippen LogP contribution is 2.44. The Morgan fingerprint density at radius 1 is 1.29 bits per heavy atom. The smallest absolute Gasteiger partial charge is 0.0942 e. The van der Waals surface area contributed by atoms with Crippen molar-refractivity contribution in [2.24, 2.45) is 5.92 Å². The highest BCUT2D eigenvalue weighted by Gasteiger charge is 2.46. The maximum absolute atomic E-state index is 10.3. The summed E-state index contributed by atoms with van der Waals surface area (Å²) in [5, 5.41) is 10.3. The summed E-state index contributed by atoms with van der Waals surface area (Å²) < 4.78 is 5.88. The van der Waals surface area contributed by atoms with Crippen molar-refractivity contribution in [2.75, 3.05) is 6.61 Å². The van der Waals surface area contributed by atoms with Crippen molar-refractivity contribution >= 4 is 0 Å². The third-order valence-electron chi connectivity index (χ3n) is 3.74. The Balaban J connectivity index is 2.02. The van der Waals surface area contributed by atoms with E-state index in [0.717, 1.165) is 19.4 Å². The SMILES string of the molecule is CCOC1(C(O)C2CC2)CCCCC1. The molecule has 0 spiro atoms. The predicted octanol–water partition coefficient (Wildman–Crippen LogP) is 2.50. The first-order valence-corrected chi connectivity index (χ1v) is 6.10. The summed E-state index contributed by atoms with van der Waals surface area (Å²) in [7, 11) is 0. The second-order valence-corrected chi connectivity index (χ2v) is 4.84. The van der Waals surface area contributed by atoms with E-state index in [4.69, 9.17) is 4.74 Å². The van der Waals surface area contributed by atoms with Crippen LogP contribution in [0.4, 0.5) is 0 Å².